The summed E-state index contributed by atoms with van der Waals surface area (Å²) < 4.78 is 0. The number of fused-ring (bicyclic) bond motifs is 1. The van der Waals surface area contributed by atoms with Crippen LogP contribution in [-0.4, -0.2) is 4.98 Å². The first-order valence-corrected chi connectivity index (χ1v) is 8.05. The summed E-state index contributed by atoms with van der Waals surface area (Å²) in [5, 5.41) is 2.15. The molecule has 3 heteroatoms. The van der Waals surface area contributed by atoms with Gasteiger partial charge in [-0.05, 0) is 41.6 Å². The summed E-state index contributed by atoms with van der Waals surface area (Å²) in [4.78, 5) is 8.39. The molecular weight excluding hydrogens is 276 g/mol. The molecule has 0 amide bonds. The fraction of sp³-hybridized carbons (Fsp3) is 0.167. The Kier molecular flexibility index (Phi) is 3.00. The Morgan fingerprint density at radius 2 is 2.05 bits per heavy atom. The van der Waals surface area contributed by atoms with Crippen LogP contribution in [0.25, 0.3) is 0 Å². The molecule has 1 unspecified atom stereocenters. The Morgan fingerprint density at radius 3 is 2.81 bits per heavy atom. The number of anilines is 2. The summed E-state index contributed by atoms with van der Waals surface area (Å²) in [5.74, 6) is 1.03. The normalized spacial score (nSPS) is 17.0. The molecule has 3 aromatic rings. The minimum Gasteiger partial charge on any atom is -0.317 e. The number of thiophene rings is 1. The number of aryl methyl sites for hydroxylation is 1. The van der Waals surface area contributed by atoms with E-state index in [0.717, 1.165) is 12.2 Å². The van der Waals surface area contributed by atoms with Crippen molar-refractivity contribution in [2.24, 2.45) is 0 Å². The van der Waals surface area contributed by atoms with Crippen molar-refractivity contribution < 1.29 is 0 Å². The standard InChI is InChI=1S/C18H16N2S/c1-13-6-4-7-14-12-15(16-8-5-11-21-16)20(18(13)14)17-9-2-3-10-19-17/h2-11,15H,12H2,1H3. The molecule has 3 heterocycles. The van der Waals surface area contributed by atoms with Crippen molar-refractivity contribution in [1.29, 1.82) is 0 Å². The SMILES string of the molecule is Cc1cccc2c1N(c1ccccn1)C(c1cccs1)C2. The van der Waals surface area contributed by atoms with Crippen molar-refractivity contribution >= 4 is 22.8 Å². The first kappa shape index (κ1) is 12.6. The number of aromatic nitrogens is 1. The van der Waals surface area contributed by atoms with Gasteiger partial charge in [-0.2, -0.15) is 0 Å². The van der Waals surface area contributed by atoms with Gasteiger partial charge in [-0.15, -0.1) is 11.3 Å². The smallest absolute Gasteiger partial charge is 0.133 e. The predicted molar refractivity (Wildman–Crippen MR) is 88.3 cm³/mol. The Bertz CT molecular complexity index is 750. The van der Waals surface area contributed by atoms with Gasteiger partial charge in [-0.1, -0.05) is 30.3 Å². The van der Waals surface area contributed by atoms with Gasteiger partial charge in [0.25, 0.3) is 0 Å². The van der Waals surface area contributed by atoms with Crippen LogP contribution in [0, 0.1) is 6.92 Å². The van der Waals surface area contributed by atoms with E-state index in [1.54, 1.807) is 0 Å². The van der Waals surface area contributed by atoms with Crippen LogP contribution in [0.4, 0.5) is 11.5 Å². The molecule has 2 aromatic heterocycles. The zero-order valence-electron chi connectivity index (χ0n) is 11.9. The van der Waals surface area contributed by atoms with Crippen molar-refractivity contribution in [2.75, 3.05) is 4.90 Å². The molecule has 21 heavy (non-hydrogen) atoms. The van der Waals surface area contributed by atoms with Crippen LogP contribution in [0.1, 0.15) is 22.0 Å². The lowest BCUT2D eigenvalue weighted by Crippen LogP contribution is -2.20. The average Bonchev–Trinajstić information content (AvgIpc) is 3.16. The van der Waals surface area contributed by atoms with Gasteiger partial charge in [-0.3, -0.25) is 0 Å². The summed E-state index contributed by atoms with van der Waals surface area (Å²) in [6.07, 6.45) is 2.92. The summed E-state index contributed by atoms with van der Waals surface area (Å²) in [6.45, 7) is 2.19. The summed E-state index contributed by atoms with van der Waals surface area (Å²) in [5.41, 5.74) is 4.06. The molecule has 0 bridgehead atoms. The molecule has 0 saturated carbocycles. The Balaban J connectivity index is 1.89. The first-order chi connectivity index (χ1) is 10.3. The van der Waals surface area contributed by atoms with Gasteiger partial charge in [0.05, 0.1) is 6.04 Å². The van der Waals surface area contributed by atoms with E-state index in [1.165, 1.54) is 21.7 Å². The molecule has 1 aliphatic heterocycles. The van der Waals surface area contributed by atoms with Gasteiger partial charge in [0, 0.05) is 23.2 Å². The molecular formula is C18H16N2S. The van der Waals surface area contributed by atoms with Gasteiger partial charge in [0.1, 0.15) is 5.82 Å². The third-order valence-electron chi connectivity index (χ3n) is 4.05. The van der Waals surface area contributed by atoms with Gasteiger partial charge in [0.15, 0.2) is 0 Å². The number of hydrogen-bond acceptors (Lipinski definition) is 3. The highest BCUT2D eigenvalue weighted by Gasteiger charge is 2.33. The van der Waals surface area contributed by atoms with Gasteiger partial charge in [0.2, 0.25) is 0 Å². The molecule has 104 valence electrons. The topological polar surface area (TPSA) is 16.1 Å². The largest absolute Gasteiger partial charge is 0.317 e. The maximum absolute atomic E-state index is 4.59. The fourth-order valence-electron chi connectivity index (χ4n) is 3.16. The van der Waals surface area contributed by atoms with E-state index < -0.39 is 0 Å². The molecule has 4 rings (SSSR count). The second kappa shape index (κ2) is 5.01. The Hall–Kier alpha value is -2.13. The van der Waals surface area contributed by atoms with Gasteiger partial charge >= 0.3 is 0 Å². The van der Waals surface area contributed by atoms with Crippen LogP contribution in [-0.2, 0) is 6.42 Å². The quantitative estimate of drug-likeness (QED) is 0.668. The van der Waals surface area contributed by atoms with E-state index in [1.807, 2.05) is 23.6 Å². The lowest BCUT2D eigenvalue weighted by molar-refractivity contribution is 0.749. The molecule has 0 aliphatic carbocycles. The van der Waals surface area contributed by atoms with E-state index in [-0.39, 0.29) is 0 Å². The highest BCUT2D eigenvalue weighted by atomic mass is 32.1. The van der Waals surface area contributed by atoms with Crippen molar-refractivity contribution in [1.82, 2.24) is 4.98 Å². The van der Waals surface area contributed by atoms with Gasteiger partial charge < -0.3 is 4.90 Å². The van der Waals surface area contributed by atoms with Crippen LogP contribution in [0.15, 0.2) is 60.1 Å². The van der Waals surface area contributed by atoms with Crippen LogP contribution in [0.2, 0.25) is 0 Å². The second-order valence-corrected chi connectivity index (χ2v) is 6.36. The molecule has 0 saturated heterocycles. The third kappa shape index (κ3) is 2.05. The molecule has 1 aromatic carbocycles. The third-order valence-corrected chi connectivity index (χ3v) is 5.03. The number of rotatable bonds is 2. The van der Waals surface area contributed by atoms with Crippen molar-refractivity contribution in [3.05, 3.63) is 76.1 Å². The summed E-state index contributed by atoms with van der Waals surface area (Å²) in [6, 6.07) is 17.4. The van der Waals surface area contributed by atoms with Crippen LogP contribution < -0.4 is 4.90 Å². The number of nitrogens with zero attached hydrogens (tertiary/aromatic N) is 2. The minimum atomic E-state index is 0.357. The van der Waals surface area contributed by atoms with E-state index in [2.05, 4.69) is 64.7 Å². The fourth-order valence-corrected chi connectivity index (χ4v) is 3.98. The monoisotopic (exact) mass is 292 g/mol. The maximum atomic E-state index is 4.59. The molecule has 2 nitrogen and oxygen atoms in total. The van der Waals surface area contributed by atoms with Gasteiger partial charge in [-0.25, -0.2) is 4.98 Å². The van der Waals surface area contributed by atoms with Crippen LogP contribution >= 0.6 is 11.3 Å². The van der Waals surface area contributed by atoms with Crippen molar-refractivity contribution in [3.63, 3.8) is 0 Å². The molecule has 1 atom stereocenters. The lowest BCUT2D eigenvalue weighted by atomic mass is 10.1. The first-order valence-electron chi connectivity index (χ1n) is 7.17. The predicted octanol–water partition coefficient (Wildman–Crippen LogP) is 4.89. The molecule has 0 N–H and O–H groups in total. The second-order valence-electron chi connectivity index (χ2n) is 5.38. The number of hydrogen-bond donors (Lipinski definition) is 0. The molecule has 1 aliphatic rings. The van der Waals surface area contributed by atoms with E-state index >= 15 is 0 Å². The van der Waals surface area contributed by atoms with Crippen LogP contribution in [0.5, 0.6) is 0 Å². The lowest BCUT2D eigenvalue weighted by Gasteiger charge is -2.27. The van der Waals surface area contributed by atoms with Crippen molar-refractivity contribution in [2.45, 2.75) is 19.4 Å². The Labute approximate surface area is 128 Å². The number of para-hydroxylation sites is 1. The average molecular weight is 292 g/mol. The molecule has 0 spiro atoms. The summed E-state index contributed by atoms with van der Waals surface area (Å²) >= 11 is 1.83. The van der Waals surface area contributed by atoms with E-state index in [9.17, 15) is 0 Å². The molecule has 0 radical (unpaired) electrons. The minimum absolute atomic E-state index is 0.357. The van der Waals surface area contributed by atoms with Crippen molar-refractivity contribution in [3.8, 4) is 0 Å². The zero-order valence-corrected chi connectivity index (χ0v) is 12.7. The highest BCUT2D eigenvalue weighted by molar-refractivity contribution is 7.10. The maximum Gasteiger partial charge on any atom is 0.133 e. The number of benzene rings is 1. The number of pyridine rings is 1. The highest BCUT2D eigenvalue weighted by Crippen LogP contribution is 2.47. The van der Waals surface area contributed by atoms with E-state index in [0.29, 0.717) is 6.04 Å². The molecule has 0 fully saturated rings. The van der Waals surface area contributed by atoms with E-state index in [4.69, 9.17) is 0 Å². The summed E-state index contributed by atoms with van der Waals surface area (Å²) in [7, 11) is 0. The zero-order chi connectivity index (χ0) is 14.2. The van der Waals surface area contributed by atoms with Crippen LogP contribution in [0.3, 0.4) is 0 Å². The Morgan fingerprint density at radius 1 is 1.10 bits per heavy atom.